The van der Waals surface area contributed by atoms with Gasteiger partial charge in [0.1, 0.15) is 0 Å². The van der Waals surface area contributed by atoms with Crippen molar-refractivity contribution in [1.29, 1.82) is 0 Å². The second kappa shape index (κ2) is 7.58. The molecule has 0 spiro atoms. The van der Waals surface area contributed by atoms with Crippen LogP contribution in [0.4, 0.5) is 4.79 Å². The number of hydrogen-bond acceptors (Lipinski definition) is 2. The molecule has 1 aromatic rings. The van der Waals surface area contributed by atoms with Gasteiger partial charge in [0, 0.05) is 10.0 Å². The van der Waals surface area contributed by atoms with E-state index in [9.17, 15) is 9.90 Å². The standard InChI is InChI=1S/C13H17Cl2NO3/c1-2-3-4-11(17)12(16-13(18)19)9-6-5-8(14)7-10(9)15/h5-7,11-12,16-17H,2-4H2,1H3,(H,18,19)/t11-,12-/m0/s1. The fraction of sp³-hybridized carbons (Fsp3) is 0.462. The zero-order chi connectivity index (χ0) is 14.4. The van der Waals surface area contributed by atoms with Crippen molar-refractivity contribution in [3.63, 3.8) is 0 Å². The molecule has 106 valence electrons. The molecule has 2 atom stereocenters. The molecular formula is C13H17Cl2NO3. The van der Waals surface area contributed by atoms with Crippen LogP contribution in [0.3, 0.4) is 0 Å². The van der Waals surface area contributed by atoms with Crippen LogP contribution in [-0.4, -0.2) is 22.4 Å². The first-order chi connectivity index (χ1) is 8.95. The van der Waals surface area contributed by atoms with E-state index in [1.54, 1.807) is 12.1 Å². The van der Waals surface area contributed by atoms with E-state index in [0.717, 1.165) is 12.8 Å². The van der Waals surface area contributed by atoms with E-state index in [0.29, 0.717) is 22.0 Å². The number of aliphatic hydroxyl groups is 1. The molecule has 0 saturated carbocycles. The SMILES string of the molecule is CCCC[C@H](O)[C@@H](NC(=O)O)c1ccc(Cl)cc1Cl. The van der Waals surface area contributed by atoms with Gasteiger partial charge < -0.3 is 15.5 Å². The number of nitrogens with one attached hydrogen (secondary N) is 1. The Morgan fingerprint density at radius 3 is 2.63 bits per heavy atom. The summed E-state index contributed by atoms with van der Waals surface area (Å²) in [4.78, 5) is 10.8. The van der Waals surface area contributed by atoms with Crippen LogP contribution in [0, 0.1) is 0 Å². The highest BCUT2D eigenvalue weighted by molar-refractivity contribution is 6.35. The van der Waals surface area contributed by atoms with E-state index in [4.69, 9.17) is 28.3 Å². The van der Waals surface area contributed by atoms with Crippen molar-refractivity contribution in [3.05, 3.63) is 33.8 Å². The van der Waals surface area contributed by atoms with Crippen molar-refractivity contribution in [2.24, 2.45) is 0 Å². The number of amides is 1. The number of carbonyl (C=O) groups is 1. The summed E-state index contributed by atoms with van der Waals surface area (Å²) in [6.07, 6.45) is 0.205. The molecule has 4 nitrogen and oxygen atoms in total. The number of aliphatic hydroxyl groups excluding tert-OH is 1. The molecule has 0 aliphatic carbocycles. The van der Waals surface area contributed by atoms with Gasteiger partial charge in [-0.05, 0) is 24.1 Å². The molecule has 0 aliphatic rings. The quantitative estimate of drug-likeness (QED) is 0.747. The lowest BCUT2D eigenvalue weighted by Crippen LogP contribution is -2.35. The van der Waals surface area contributed by atoms with E-state index < -0.39 is 18.2 Å². The summed E-state index contributed by atoms with van der Waals surface area (Å²) in [6, 6.07) is 4.02. The van der Waals surface area contributed by atoms with Gasteiger partial charge in [-0.1, -0.05) is 49.0 Å². The summed E-state index contributed by atoms with van der Waals surface area (Å²) in [5.41, 5.74) is 0.525. The Hall–Kier alpha value is -0.970. The molecule has 3 N–H and O–H groups in total. The highest BCUT2D eigenvalue weighted by Gasteiger charge is 2.24. The summed E-state index contributed by atoms with van der Waals surface area (Å²) in [7, 11) is 0. The predicted molar refractivity (Wildman–Crippen MR) is 75.9 cm³/mol. The minimum Gasteiger partial charge on any atom is -0.465 e. The van der Waals surface area contributed by atoms with Gasteiger partial charge in [0.25, 0.3) is 0 Å². The molecule has 6 heteroatoms. The Labute approximate surface area is 122 Å². The van der Waals surface area contributed by atoms with E-state index in [2.05, 4.69) is 5.32 Å². The average Bonchev–Trinajstić information content (AvgIpc) is 2.33. The maximum absolute atomic E-state index is 10.8. The lowest BCUT2D eigenvalue weighted by molar-refractivity contribution is 0.110. The first-order valence-corrected chi connectivity index (χ1v) is 6.83. The van der Waals surface area contributed by atoms with Crippen LogP contribution in [0.1, 0.15) is 37.8 Å². The molecule has 1 amide bonds. The van der Waals surface area contributed by atoms with Crippen LogP contribution in [-0.2, 0) is 0 Å². The lowest BCUT2D eigenvalue weighted by atomic mass is 9.97. The molecular weight excluding hydrogens is 289 g/mol. The highest BCUT2D eigenvalue weighted by atomic mass is 35.5. The molecule has 0 fully saturated rings. The Morgan fingerprint density at radius 2 is 2.11 bits per heavy atom. The second-order valence-corrected chi connectivity index (χ2v) is 5.15. The van der Waals surface area contributed by atoms with Gasteiger partial charge in [-0.25, -0.2) is 4.79 Å². The third-order valence-electron chi connectivity index (χ3n) is 2.81. The fourth-order valence-corrected chi connectivity index (χ4v) is 2.37. The summed E-state index contributed by atoms with van der Waals surface area (Å²) < 4.78 is 0. The van der Waals surface area contributed by atoms with E-state index >= 15 is 0 Å². The highest BCUT2D eigenvalue weighted by Crippen LogP contribution is 2.29. The maximum atomic E-state index is 10.8. The molecule has 0 heterocycles. The van der Waals surface area contributed by atoms with Crippen LogP contribution in [0.5, 0.6) is 0 Å². The number of hydrogen-bond donors (Lipinski definition) is 3. The molecule has 0 radical (unpaired) electrons. The van der Waals surface area contributed by atoms with Gasteiger partial charge in [0.15, 0.2) is 0 Å². The van der Waals surface area contributed by atoms with Crippen LogP contribution in [0.15, 0.2) is 18.2 Å². The largest absolute Gasteiger partial charge is 0.465 e. The Balaban J connectivity index is 2.98. The van der Waals surface area contributed by atoms with Crippen LogP contribution in [0.2, 0.25) is 10.0 Å². The zero-order valence-electron chi connectivity index (χ0n) is 10.6. The summed E-state index contributed by atoms with van der Waals surface area (Å²) in [5, 5.41) is 22.1. The summed E-state index contributed by atoms with van der Waals surface area (Å²) in [6.45, 7) is 2.00. The third-order valence-corrected chi connectivity index (χ3v) is 3.38. The Bertz CT molecular complexity index is 440. The third kappa shape index (κ3) is 4.90. The van der Waals surface area contributed by atoms with Gasteiger partial charge in [0.05, 0.1) is 12.1 Å². The zero-order valence-corrected chi connectivity index (χ0v) is 12.1. The Kier molecular flexibility index (Phi) is 6.42. The first-order valence-electron chi connectivity index (χ1n) is 6.08. The van der Waals surface area contributed by atoms with Crippen molar-refractivity contribution < 1.29 is 15.0 Å². The van der Waals surface area contributed by atoms with Crippen molar-refractivity contribution in [2.45, 2.75) is 38.3 Å². The van der Waals surface area contributed by atoms with Gasteiger partial charge >= 0.3 is 6.09 Å². The molecule has 19 heavy (non-hydrogen) atoms. The van der Waals surface area contributed by atoms with Crippen LogP contribution < -0.4 is 5.32 Å². The number of halogens is 2. The molecule has 0 saturated heterocycles. The summed E-state index contributed by atoms with van der Waals surface area (Å²) >= 11 is 11.9. The minimum absolute atomic E-state index is 0.335. The van der Waals surface area contributed by atoms with Gasteiger partial charge in [0.2, 0.25) is 0 Å². The van der Waals surface area contributed by atoms with E-state index in [-0.39, 0.29) is 0 Å². The van der Waals surface area contributed by atoms with Gasteiger partial charge in [-0.2, -0.15) is 0 Å². The number of rotatable bonds is 6. The summed E-state index contributed by atoms with van der Waals surface area (Å²) in [5.74, 6) is 0. The average molecular weight is 306 g/mol. The Morgan fingerprint density at radius 1 is 1.42 bits per heavy atom. The molecule has 0 aromatic heterocycles. The number of carboxylic acid groups (broad SMARTS) is 1. The molecule has 1 rings (SSSR count). The smallest absolute Gasteiger partial charge is 0.405 e. The predicted octanol–water partition coefficient (Wildman–Crippen LogP) is 3.85. The van der Waals surface area contributed by atoms with Crippen LogP contribution in [0.25, 0.3) is 0 Å². The number of unbranched alkanes of at least 4 members (excludes halogenated alkanes) is 1. The van der Waals surface area contributed by atoms with Crippen LogP contribution >= 0.6 is 23.2 Å². The normalized spacial score (nSPS) is 13.9. The monoisotopic (exact) mass is 305 g/mol. The molecule has 1 aromatic carbocycles. The van der Waals surface area contributed by atoms with Crippen molar-refractivity contribution >= 4 is 29.3 Å². The first kappa shape index (κ1) is 16.1. The van der Waals surface area contributed by atoms with E-state index in [1.165, 1.54) is 6.07 Å². The van der Waals surface area contributed by atoms with Gasteiger partial charge in [-0.3, -0.25) is 0 Å². The number of benzene rings is 1. The molecule has 0 bridgehead atoms. The maximum Gasteiger partial charge on any atom is 0.405 e. The van der Waals surface area contributed by atoms with Crippen molar-refractivity contribution in [2.75, 3.05) is 0 Å². The van der Waals surface area contributed by atoms with Crippen molar-refractivity contribution in [3.8, 4) is 0 Å². The minimum atomic E-state index is -1.20. The molecule has 0 unspecified atom stereocenters. The second-order valence-electron chi connectivity index (χ2n) is 4.30. The topological polar surface area (TPSA) is 69.6 Å². The van der Waals surface area contributed by atoms with Gasteiger partial charge in [-0.15, -0.1) is 0 Å². The van der Waals surface area contributed by atoms with Crippen molar-refractivity contribution in [1.82, 2.24) is 5.32 Å². The fourth-order valence-electron chi connectivity index (χ4n) is 1.85. The lowest BCUT2D eigenvalue weighted by Gasteiger charge is -2.24. The van der Waals surface area contributed by atoms with E-state index in [1.807, 2.05) is 6.92 Å². The molecule has 0 aliphatic heterocycles.